The fourth-order valence-corrected chi connectivity index (χ4v) is 2.58. The van der Waals surface area contributed by atoms with E-state index in [1.807, 2.05) is 0 Å². The number of rotatable bonds is 4. The van der Waals surface area contributed by atoms with Gasteiger partial charge in [0.25, 0.3) is 5.91 Å². The average molecular weight is 349 g/mol. The average Bonchev–Trinajstić information content (AvgIpc) is 3.05. The van der Waals surface area contributed by atoms with Gasteiger partial charge in [-0.3, -0.25) is 4.79 Å². The number of anilines is 1. The van der Waals surface area contributed by atoms with Crippen molar-refractivity contribution in [3.05, 3.63) is 58.9 Å². The molecule has 1 atom stereocenters. The maximum atomic E-state index is 13.3. The number of nitrogens with zero attached hydrogens (tertiary/aromatic N) is 1. The molecule has 0 radical (unpaired) electrons. The predicted molar refractivity (Wildman–Crippen MR) is 89.1 cm³/mol. The first-order valence-electron chi connectivity index (χ1n) is 7.20. The number of carbonyl (C=O) groups is 1. The van der Waals surface area contributed by atoms with E-state index in [9.17, 15) is 9.18 Å². The zero-order valence-corrected chi connectivity index (χ0v) is 13.5. The second-order valence-electron chi connectivity index (χ2n) is 5.19. The molecule has 0 saturated heterocycles. The van der Waals surface area contributed by atoms with Crippen molar-refractivity contribution < 1.29 is 18.8 Å². The first kappa shape index (κ1) is 16.3. The van der Waals surface area contributed by atoms with E-state index in [4.69, 9.17) is 21.2 Å². The van der Waals surface area contributed by atoms with Crippen LogP contribution >= 0.6 is 11.6 Å². The number of benzene rings is 2. The van der Waals surface area contributed by atoms with Gasteiger partial charge in [-0.05, 0) is 30.3 Å². The molecule has 5 nitrogen and oxygen atoms in total. The van der Waals surface area contributed by atoms with Crippen LogP contribution in [0.2, 0.25) is 5.02 Å². The Hall–Kier alpha value is -2.60. The number of ether oxygens (including phenoxy) is 1. The summed E-state index contributed by atoms with van der Waals surface area (Å²) in [5.74, 6) is -0.203. The second-order valence-corrected chi connectivity index (χ2v) is 5.59. The van der Waals surface area contributed by atoms with Crippen molar-refractivity contribution in [1.82, 2.24) is 0 Å². The van der Waals surface area contributed by atoms with E-state index in [1.165, 1.54) is 19.2 Å². The highest BCUT2D eigenvalue weighted by molar-refractivity contribution is 6.32. The molecule has 0 saturated carbocycles. The summed E-state index contributed by atoms with van der Waals surface area (Å²) >= 11 is 6.02. The molecule has 0 aromatic heterocycles. The molecule has 124 valence electrons. The van der Waals surface area contributed by atoms with Crippen molar-refractivity contribution in [2.45, 2.75) is 12.5 Å². The molecule has 1 aliphatic rings. The quantitative estimate of drug-likeness (QED) is 0.918. The van der Waals surface area contributed by atoms with Crippen molar-refractivity contribution in [2.75, 3.05) is 12.4 Å². The van der Waals surface area contributed by atoms with Crippen LogP contribution in [0.5, 0.6) is 5.75 Å². The molecule has 0 aliphatic carbocycles. The van der Waals surface area contributed by atoms with E-state index < -0.39 is 6.10 Å². The van der Waals surface area contributed by atoms with Crippen LogP contribution in [0.4, 0.5) is 10.1 Å². The number of nitrogens with one attached hydrogen (secondary N) is 1. The van der Waals surface area contributed by atoms with Crippen LogP contribution in [-0.4, -0.2) is 24.8 Å². The SMILES string of the molecule is COc1ccc(NC(=O)C2CC(c3cccc(F)c3)=NO2)cc1Cl. The summed E-state index contributed by atoms with van der Waals surface area (Å²) in [6, 6.07) is 10.9. The molecule has 3 rings (SSSR count). The minimum Gasteiger partial charge on any atom is -0.495 e. The van der Waals surface area contributed by atoms with Gasteiger partial charge >= 0.3 is 0 Å². The van der Waals surface area contributed by atoms with Crippen LogP contribution in [0.15, 0.2) is 47.6 Å². The summed E-state index contributed by atoms with van der Waals surface area (Å²) in [6.45, 7) is 0. The molecule has 1 heterocycles. The zero-order chi connectivity index (χ0) is 17.1. The molecule has 1 aliphatic heterocycles. The molecule has 2 aromatic rings. The topological polar surface area (TPSA) is 59.9 Å². The Morgan fingerprint density at radius 2 is 2.21 bits per heavy atom. The van der Waals surface area contributed by atoms with Crippen LogP contribution in [0.3, 0.4) is 0 Å². The van der Waals surface area contributed by atoms with E-state index >= 15 is 0 Å². The number of amides is 1. The molecule has 2 aromatic carbocycles. The smallest absolute Gasteiger partial charge is 0.268 e. The fraction of sp³-hybridized carbons (Fsp3) is 0.176. The molecule has 1 N–H and O–H groups in total. The third kappa shape index (κ3) is 3.49. The number of oxime groups is 1. The van der Waals surface area contributed by atoms with Crippen LogP contribution in [-0.2, 0) is 9.63 Å². The molecule has 0 fully saturated rings. The third-order valence-corrected chi connectivity index (χ3v) is 3.83. The van der Waals surface area contributed by atoms with E-state index in [0.29, 0.717) is 27.7 Å². The Kier molecular flexibility index (Phi) is 4.66. The Labute approximate surface area is 143 Å². The van der Waals surface area contributed by atoms with Gasteiger partial charge in [-0.15, -0.1) is 0 Å². The Bertz CT molecular complexity index is 810. The molecule has 24 heavy (non-hydrogen) atoms. The van der Waals surface area contributed by atoms with Crippen LogP contribution < -0.4 is 10.1 Å². The summed E-state index contributed by atoms with van der Waals surface area (Å²) in [4.78, 5) is 17.4. The van der Waals surface area contributed by atoms with Crippen molar-refractivity contribution in [3.63, 3.8) is 0 Å². The van der Waals surface area contributed by atoms with E-state index in [1.54, 1.807) is 30.3 Å². The van der Waals surface area contributed by atoms with Gasteiger partial charge in [0.15, 0.2) is 0 Å². The Balaban J connectivity index is 1.64. The molecule has 1 unspecified atom stereocenters. The van der Waals surface area contributed by atoms with Gasteiger partial charge in [0.1, 0.15) is 11.6 Å². The highest BCUT2D eigenvalue weighted by atomic mass is 35.5. The number of methoxy groups -OCH3 is 1. The highest BCUT2D eigenvalue weighted by Crippen LogP contribution is 2.27. The van der Waals surface area contributed by atoms with Gasteiger partial charge in [0.05, 0.1) is 17.8 Å². The summed E-state index contributed by atoms with van der Waals surface area (Å²) in [5, 5.41) is 6.98. The lowest BCUT2D eigenvalue weighted by atomic mass is 10.0. The minimum atomic E-state index is -0.774. The number of carbonyl (C=O) groups excluding carboxylic acids is 1. The molecular formula is C17H14ClFN2O3. The number of hydrogen-bond acceptors (Lipinski definition) is 4. The van der Waals surface area contributed by atoms with Gasteiger partial charge < -0.3 is 14.9 Å². The maximum Gasteiger partial charge on any atom is 0.268 e. The standard InChI is InChI=1S/C17H14ClFN2O3/c1-23-15-6-5-12(8-13(15)18)20-17(22)16-9-14(21-24-16)10-3-2-4-11(19)7-10/h2-8,16H,9H2,1H3,(H,20,22). The monoisotopic (exact) mass is 348 g/mol. The van der Waals surface area contributed by atoms with Crippen LogP contribution in [0, 0.1) is 5.82 Å². The van der Waals surface area contributed by atoms with E-state index in [2.05, 4.69) is 10.5 Å². The van der Waals surface area contributed by atoms with Crippen LogP contribution in [0.1, 0.15) is 12.0 Å². The van der Waals surface area contributed by atoms with Gasteiger partial charge in [0, 0.05) is 17.7 Å². The lowest BCUT2D eigenvalue weighted by Crippen LogP contribution is -2.28. The van der Waals surface area contributed by atoms with Gasteiger partial charge in [-0.1, -0.05) is 28.9 Å². The van der Waals surface area contributed by atoms with Crippen molar-refractivity contribution in [1.29, 1.82) is 0 Å². The lowest BCUT2D eigenvalue weighted by molar-refractivity contribution is -0.125. The number of hydrogen-bond donors (Lipinski definition) is 1. The lowest BCUT2D eigenvalue weighted by Gasteiger charge is -2.11. The van der Waals surface area contributed by atoms with Crippen molar-refractivity contribution in [2.24, 2.45) is 5.16 Å². The Morgan fingerprint density at radius 1 is 1.38 bits per heavy atom. The summed E-state index contributed by atoms with van der Waals surface area (Å²) in [7, 11) is 1.51. The Morgan fingerprint density at radius 3 is 2.92 bits per heavy atom. The molecule has 0 spiro atoms. The molecule has 1 amide bonds. The zero-order valence-electron chi connectivity index (χ0n) is 12.8. The third-order valence-electron chi connectivity index (χ3n) is 3.54. The molecule has 0 bridgehead atoms. The minimum absolute atomic E-state index is 0.263. The van der Waals surface area contributed by atoms with E-state index in [-0.39, 0.29) is 18.1 Å². The first-order chi connectivity index (χ1) is 11.6. The summed E-state index contributed by atoms with van der Waals surface area (Å²) < 4.78 is 18.3. The van der Waals surface area contributed by atoms with Crippen molar-refractivity contribution >= 4 is 28.9 Å². The first-order valence-corrected chi connectivity index (χ1v) is 7.57. The number of halogens is 2. The largest absolute Gasteiger partial charge is 0.495 e. The maximum absolute atomic E-state index is 13.3. The second kappa shape index (κ2) is 6.88. The van der Waals surface area contributed by atoms with Gasteiger partial charge in [-0.25, -0.2) is 4.39 Å². The molecule has 7 heteroatoms. The van der Waals surface area contributed by atoms with Gasteiger partial charge in [0.2, 0.25) is 6.10 Å². The normalized spacial score (nSPS) is 16.3. The fourth-order valence-electron chi connectivity index (χ4n) is 2.32. The van der Waals surface area contributed by atoms with Gasteiger partial charge in [-0.2, -0.15) is 0 Å². The highest BCUT2D eigenvalue weighted by Gasteiger charge is 2.29. The van der Waals surface area contributed by atoms with E-state index in [0.717, 1.165) is 0 Å². The molecular weight excluding hydrogens is 335 g/mol. The van der Waals surface area contributed by atoms with Crippen molar-refractivity contribution in [3.8, 4) is 5.75 Å². The summed E-state index contributed by atoms with van der Waals surface area (Å²) in [5.41, 5.74) is 1.65. The van der Waals surface area contributed by atoms with Crippen LogP contribution in [0.25, 0.3) is 0 Å². The predicted octanol–water partition coefficient (Wildman–Crippen LogP) is 3.62. The summed E-state index contributed by atoms with van der Waals surface area (Å²) in [6.07, 6.45) is -0.511.